The van der Waals surface area contributed by atoms with E-state index in [1.54, 1.807) is 0 Å². The Hall–Kier alpha value is -0.436. The molecule has 0 fully saturated rings. The van der Waals surface area contributed by atoms with E-state index in [1.165, 1.54) is 24.0 Å². The normalized spacial score (nSPS) is 26.3. The predicted molar refractivity (Wildman–Crippen MR) is 115 cm³/mol. The van der Waals surface area contributed by atoms with Crippen LogP contribution in [0.5, 0.6) is 0 Å². The molecule has 0 aromatic carbocycles. The van der Waals surface area contributed by atoms with Crippen molar-refractivity contribution in [2.75, 3.05) is 0 Å². The van der Waals surface area contributed by atoms with Crippen molar-refractivity contribution in [3.8, 4) is 0 Å². The van der Waals surface area contributed by atoms with Crippen LogP contribution in [0.4, 0.5) is 0 Å². The van der Waals surface area contributed by atoms with Gasteiger partial charge in [-0.05, 0) is 71.5 Å². The standard InChI is InChI=1S/C20H39NO3Si2/c1-10-11-12-16-18(23-26(7,8)9)14-15(22-25(4,5)6)13-17-19(16)20(2,3)24-21-17/h15,18H,10-14H2,1-9H3/t15-,18-/m0/s1. The minimum Gasteiger partial charge on any atom is -0.414 e. The van der Waals surface area contributed by atoms with Crippen LogP contribution in [-0.2, 0) is 13.7 Å². The zero-order chi connectivity index (χ0) is 19.8. The fraction of sp³-hybridized carbons (Fsp3) is 0.850. The lowest BCUT2D eigenvalue weighted by molar-refractivity contribution is 0.0317. The molecule has 1 aliphatic carbocycles. The van der Waals surface area contributed by atoms with Crippen molar-refractivity contribution in [3.63, 3.8) is 0 Å². The molecule has 0 aromatic rings. The van der Waals surface area contributed by atoms with Crippen molar-refractivity contribution in [1.82, 2.24) is 0 Å². The average molecular weight is 398 g/mol. The van der Waals surface area contributed by atoms with Gasteiger partial charge in [0.15, 0.2) is 22.2 Å². The molecule has 1 heterocycles. The van der Waals surface area contributed by atoms with E-state index < -0.39 is 16.6 Å². The minimum atomic E-state index is -1.69. The molecule has 0 amide bonds. The Bertz CT molecular complexity index is 571. The fourth-order valence-electron chi connectivity index (χ4n) is 3.95. The second kappa shape index (κ2) is 7.90. The van der Waals surface area contributed by atoms with Gasteiger partial charge in [-0.2, -0.15) is 0 Å². The van der Waals surface area contributed by atoms with Gasteiger partial charge in [-0.3, -0.25) is 0 Å². The van der Waals surface area contributed by atoms with Crippen molar-refractivity contribution in [1.29, 1.82) is 0 Å². The Balaban J connectivity index is 2.46. The molecule has 0 aromatic heterocycles. The molecule has 2 atom stereocenters. The van der Waals surface area contributed by atoms with E-state index in [0.717, 1.165) is 25.0 Å². The van der Waals surface area contributed by atoms with Crippen molar-refractivity contribution < 1.29 is 13.7 Å². The van der Waals surface area contributed by atoms with Crippen LogP contribution >= 0.6 is 0 Å². The van der Waals surface area contributed by atoms with Crippen LogP contribution < -0.4 is 0 Å². The molecule has 0 spiro atoms. The van der Waals surface area contributed by atoms with Crippen molar-refractivity contribution in [2.24, 2.45) is 5.16 Å². The van der Waals surface area contributed by atoms with E-state index >= 15 is 0 Å². The molecule has 0 unspecified atom stereocenters. The topological polar surface area (TPSA) is 40.0 Å². The Labute approximate surface area is 162 Å². The molecule has 0 N–H and O–H groups in total. The van der Waals surface area contributed by atoms with E-state index in [4.69, 9.17) is 13.7 Å². The number of rotatable bonds is 7. The molecule has 6 heteroatoms. The summed E-state index contributed by atoms with van der Waals surface area (Å²) in [6.07, 6.45) is 5.47. The van der Waals surface area contributed by atoms with Gasteiger partial charge in [-0.15, -0.1) is 0 Å². The quantitative estimate of drug-likeness (QED) is 0.504. The van der Waals surface area contributed by atoms with Crippen molar-refractivity contribution in [3.05, 3.63) is 11.1 Å². The number of unbranched alkanes of at least 4 members (excludes halogenated alkanes) is 1. The smallest absolute Gasteiger partial charge is 0.184 e. The Morgan fingerprint density at radius 3 is 2.23 bits per heavy atom. The van der Waals surface area contributed by atoms with Gasteiger partial charge in [-0.1, -0.05) is 18.5 Å². The third kappa shape index (κ3) is 5.78. The first-order valence-electron chi connectivity index (χ1n) is 10.2. The molecular weight excluding hydrogens is 358 g/mol. The van der Waals surface area contributed by atoms with Gasteiger partial charge in [-0.25, -0.2) is 0 Å². The zero-order valence-corrected chi connectivity index (χ0v) is 20.4. The number of oxime groups is 1. The summed E-state index contributed by atoms with van der Waals surface area (Å²) in [5.41, 5.74) is 3.42. The summed E-state index contributed by atoms with van der Waals surface area (Å²) < 4.78 is 13.3. The van der Waals surface area contributed by atoms with Gasteiger partial charge >= 0.3 is 0 Å². The van der Waals surface area contributed by atoms with E-state index in [2.05, 4.69) is 65.2 Å². The highest BCUT2D eigenvalue weighted by Crippen LogP contribution is 2.41. The molecule has 0 saturated heterocycles. The number of fused-ring (bicyclic) bond motifs is 1. The van der Waals surface area contributed by atoms with E-state index in [0.29, 0.717) is 0 Å². The molecule has 0 saturated carbocycles. The van der Waals surface area contributed by atoms with Gasteiger partial charge in [0.25, 0.3) is 0 Å². The van der Waals surface area contributed by atoms with Crippen LogP contribution in [0.15, 0.2) is 16.3 Å². The van der Waals surface area contributed by atoms with Crippen LogP contribution in [0.3, 0.4) is 0 Å². The van der Waals surface area contributed by atoms with Crippen molar-refractivity contribution in [2.45, 2.75) is 110 Å². The zero-order valence-electron chi connectivity index (χ0n) is 18.4. The molecule has 26 heavy (non-hydrogen) atoms. The Morgan fingerprint density at radius 1 is 1.08 bits per heavy atom. The molecule has 1 aliphatic heterocycles. The van der Waals surface area contributed by atoms with Crippen LogP contribution in [0.1, 0.15) is 52.9 Å². The van der Waals surface area contributed by atoms with E-state index in [1.807, 2.05) is 0 Å². The van der Waals surface area contributed by atoms with Gasteiger partial charge in [0, 0.05) is 18.4 Å². The summed E-state index contributed by atoms with van der Waals surface area (Å²) in [6, 6.07) is 0. The maximum Gasteiger partial charge on any atom is 0.184 e. The highest BCUT2D eigenvalue weighted by Gasteiger charge is 2.44. The monoisotopic (exact) mass is 397 g/mol. The van der Waals surface area contributed by atoms with Crippen LogP contribution in [0.25, 0.3) is 0 Å². The highest BCUT2D eigenvalue weighted by atomic mass is 28.4. The second-order valence-electron chi connectivity index (χ2n) is 10.2. The summed E-state index contributed by atoms with van der Waals surface area (Å²) in [5.74, 6) is 0. The number of hydrogen-bond acceptors (Lipinski definition) is 4. The second-order valence-corrected chi connectivity index (χ2v) is 19.1. The SMILES string of the molecule is CCCCC1=C2C(=NOC2(C)C)C[C@H](O[Si](C)(C)C)C[C@@H]1O[Si](C)(C)C. The van der Waals surface area contributed by atoms with E-state index in [9.17, 15) is 0 Å². The number of hydrogen-bond donors (Lipinski definition) is 0. The predicted octanol–water partition coefficient (Wildman–Crippen LogP) is 5.87. The highest BCUT2D eigenvalue weighted by molar-refractivity contribution is 6.70. The van der Waals surface area contributed by atoms with Crippen LogP contribution in [0.2, 0.25) is 39.3 Å². The summed E-state index contributed by atoms with van der Waals surface area (Å²) in [5, 5.41) is 4.49. The Morgan fingerprint density at radius 2 is 1.69 bits per heavy atom. The molecule has 4 nitrogen and oxygen atoms in total. The maximum absolute atomic E-state index is 6.72. The Kier molecular flexibility index (Phi) is 6.64. The molecule has 2 aliphatic rings. The van der Waals surface area contributed by atoms with Gasteiger partial charge < -0.3 is 13.7 Å². The summed E-state index contributed by atoms with van der Waals surface area (Å²) in [4.78, 5) is 5.85. The van der Waals surface area contributed by atoms with Gasteiger partial charge in [0.2, 0.25) is 0 Å². The lowest BCUT2D eigenvalue weighted by Gasteiger charge is -2.33. The summed E-state index contributed by atoms with van der Waals surface area (Å²) >= 11 is 0. The minimum absolute atomic E-state index is 0.123. The molecule has 150 valence electrons. The van der Waals surface area contributed by atoms with Crippen LogP contribution in [0, 0.1) is 0 Å². The third-order valence-corrected chi connectivity index (χ3v) is 6.73. The maximum atomic E-state index is 6.72. The van der Waals surface area contributed by atoms with Gasteiger partial charge in [0.05, 0.1) is 17.9 Å². The molecular formula is C20H39NO3Si2. The third-order valence-electron chi connectivity index (χ3n) is 4.70. The lowest BCUT2D eigenvalue weighted by Crippen LogP contribution is -2.38. The molecule has 2 rings (SSSR count). The van der Waals surface area contributed by atoms with Crippen LogP contribution in [-0.4, -0.2) is 40.2 Å². The first-order chi connectivity index (χ1) is 11.8. The largest absolute Gasteiger partial charge is 0.414 e. The van der Waals surface area contributed by atoms with E-state index in [-0.39, 0.29) is 17.8 Å². The first kappa shape index (κ1) is 21.9. The molecule has 0 radical (unpaired) electrons. The van der Waals surface area contributed by atoms with Gasteiger partial charge in [0.1, 0.15) is 0 Å². The average Bonchev–Trinajstić information content (AvgIpc) is 2.64. The lowest BCUT2D eigenvalue weighted by atomic mass is 9.86. The number of nitrogens with zero attached hydrogens (tertiary/aromatic N) is 1. The first-order valence-corrected chi connectivity index (χ1v) is 17.0. The fourth-order valence-corrected chi connectivity index (χ4v) is 6.22. The summed E-state index contributed by atoms with van der Waals surface area (Å²) in [7, 11) is -3.33. The molecule has 0 bridgehead atoms. The summed E-state index contributed by atoms with van der Waals surface area (Å²) in [6.45, 7) is 20.1. The van der Waals surface area contributed by atoms with Crippen molar-refractivity contribution >= 4 is 22.3 Å².